The molecule has 4 nitrogen and oxygen atoms in total. The van der Waals surface area contributed by atoms with E-state index in [1.807, 2.05) is 29.2 Å². The summed E-state index contributed by atoms with van der Waals surface area (Å²) < 4.78 is 24.8. The van der Waals surface area contributed by atoms with Crippen LogP contribution in [0.15, 0.2) is 33.6 Å². The van der Waals surface area contributed by atoms with Gasteiger partial charge in [0.2, 0.25) is 5.91 Å². The van der Waals surface area contributed by atoms with Crippen LogP contribution in [-0.4, -0.2) is 48.6 Å². The lowest BCUT2D eigenvalue weighted by Crippen LogP contribution is -2.49. The number of benzene rings is 1. The highest BCUT2D eigenvalue weighted by Crippen LogP contribution is 2.30. The van der Waals surface area contributed by atoms with Gasteiger partial charge in [0.1, 0.15) is 0 Å². The Bertz CT molecular complexity index is 717. The van der Waals surface area contributed by atoms with E-state index in [-0.39, 0.29) is 29.5 Å². The van der Waals surface area contributed by atoms with Crippen molar-refractivity contribution < 1.29 is 13.2 Å². The summed E-state index contributed by atoms with van der Waals surface area (Å²) >= 11 is 4.97. The third-order valence-corrected chi connectivity index (χ3v) is 8.24. The van der Waals surface area contributed by atoms with Gasteiger partial charge < -0.3 is 4.90 Å². The fourth-order valence-electron chi connectivity index (χ4n) is 3.84. The van der Waals surface area contributed by atoms with Crippen LogP contribution in [0.25, 0.3) is 0 Å². The van der Waals surface area contributed by atoms with Crippen LogP contribution in [0, 0.1) is 0 Å². The van der Waals surface area contributed by atoms with Crippen LogP contribution in [0.5, 0.6) is 0 Å². The molecule has 0 radical (unpaired) electrons. The molecule has 0 bridgehead atoms. The summed E-state index contributed by atoms with van der Waals surface area (Å²) in [6.07, 6.45) is 6.08. The highest BCUT2D eigenvalue weighted by atomic mass is 79.9. The van der Waals surface area contributed by atoms with Gasteiger partial charge in [0.15, 0.2) is 9.84 Å². The van der Waals surface area contributed by atoms with Crippen LogP contribution >= 0.6 is 27.7 Å². The molecule has 7 heteroatoms. The first-order valence-electron chi connectivity index (χ1n) is 8.84. The fourth-order valence-corrected chi connectivity index (χ4v) is 6.92. The Labute approximate surface area is 162 Å². The smallest absolute Gasteiger partial charge is 0.233 e. The SMILES string of the molecule is O=C(CSc1cccc(Br)c1)N(C1CCCCC1)C1CCS(=O)(=O)C1. The third-order valence-electron chi connectivity index (χ3n) is 5.02. The fraction of sp³-hybridized carbons (Fsp3) is 0.611. The normalized spacial score (nSPS) is 23.5. The summed E-state index contributed by atoms with van der Waals surface area (Å²) in [4.78, 5) is 16.0. The van der Waals surface area contributed by atoms with E-state index in [1.165, 1.54) is 18.2 Å². The highest BCUT2D eigenvalue weighted by Gasteiger charge is 2.38. The number of thioether (sulfide) groups is 1. The molecular weight excluding hydrogens is 422 g/mol. The molecule has 0 N–H and O–H groups in total. The second kappa shape index (κ2) is 8.44. The van der Waals surface area contributed by atoms with Crippen molar-refractivity contribution in [3.63, 3.8) is 0 Å². The van der Waals surface area contributed by atoms with Gasteiger partial charge in [0, 0.05) is 21.5 Å². The molecule has 1 unspecified atom stereocenters. The average molecular weight is 446 g/mol. The molecule has 1 saturated carbocycles. The van der Waals surface area contributed by atoms with Gasteiger partial charge in [-0.1, -0.05) is 41.3 Å². The zero-order valence-electron chi connectivity index (χ0n) is 14.2. The molecule has 1 aromatic carbocycles. The second-order valence-corrected chi connectivity index (χ2v) is 11.1. The summed E-state index contributed by atoms with van der Waals surface area (Å²) in [6.45, 7) is 0. The highest BCUT2D eigenvalue weighted by molar-refractivity contribution is 9.10. The standard InChI is InChI=1S/C18H24BrNO3S2/c19-14-5-4-8-17(11-14)24-12-18(21)20(15-6-2-1-3-7-15)16-9-10-25(22,23)13-16/h4-5,8,11,15-16H,1-3,6-7,9-10,12-13H2. The summed E-state index contributed by atoms with van der Waals surface area (Å²) in [7, 11) is -2.99. The molecule has 1 aliphatic heterocycles. The first-order valence-corrected chi connectivity index (χ1v) is 12.4. The first-order chi connectivity index (χ1) is 11.9. The van der Waals surface area contributed by atoms with Gasteiger partial charge in [-0.25, -0.2) is 8.42 Å². The van der Waals surface area contributed by atoms with E-state index in [9.17, 15) is 13.2 Å². The quantitative estimate of drug-likeness (QED) is 0.644. The number of hydrogen-bond donors (Lipinski definition) is 0. The molecule has 2 aliphatic rings. The van der Waals surface area contributed by atoms with Gasteiger partial charge in [-0.05, 0) is 37.5 Å². The summed E-state index contributed by atoms with van der Waals surface area (Å²) in [6, 6.07) is 7.99. The molecule has 1 amide bonds. The molecule has 3 rings (SSSR count). The van der Waals surface area contributed by atoms with E-state index in [1.54, 1.807) is 0 Å². The molecule has 1 aliphatic carbocycles. The maximum atomic E-state index is 13.0. The minimum atomic E-state index is -2.99. The predicted octanol–water partition coefficient (Wildman–Crippen LogP) is 3.89. The van der Waals surface area contributed by atoms with Crippen molar-refractivity contribution in [3.8, 4) is 0 Å². The molecule has 1 atom stereocenters. The van der Waals surface area contributed by atoms with Crippen LogP contribution in [0.2, 0.25) is 0 Å². The topological polar surface area (TPSA) is 54.5 Å². The Morgan fingerprint density at radius 2 is 1.92 bits per heavy atom. The van der Waals surface area contributed by atoms with Crippen molar-refractivity contribution in [2.45, 2.75) is 55.5 Å². The molecule has 138 valence electrons. The molecule has 0 aromatic heterocycles. The number of nitrogens with zero attached hydrogens (tertiary/aromatic N) is 1. The van der Waals surface area contributed by atoms with Crippen LogP contribution in [-0.2, 0) is 14.6 Å². The van der Waals surface area contributed by atoms with E-state index in [2.05, 4.69) is 15.9 Å². The lowest BCUT2D eigenvalue weighted by molar-refractivity contribution is -0.133. The third kappa shape index (κ3) is 5.23. The number of rotatable bonds is 5. The van der Waals surface area contributed by atoms with Crippen molar-refractivity contribution in [2.75, 3.05) is 17.3 Å². The lowest BCUT2D eigenvalue weighted by atomic mass is 9.93. The van der Waals surface area contributed by atoms with E-state index in [0.29, 0.717) is 12.2 Å². The maximum absolute atomic E-state index is 13.0. The van der Waals surface area contributed by atoms with Crippen LogP contribution < -0.4 is 0 Å². The van der Waals surface area contributed by atoms with Gasteiger partial charge in [-0.3, -0.25) is 4.79 Å². The number of carbonyl (C=O) groups is 1. The van der Waals surface area contributed by atoms with Crippen molar-refractivity contribution in [3.05, 3.63) is 28.7 Å². The summed E-state index contributed by atoms with van der Waals surface area (Å²) in [5.41, 5.74) is 0. The zero-order chi connectivity index (χ0) is 17.9. The zero-order valence-corrected chi connectivity index (χ0v) is 17.4. The number of hydrogen-bond acceptors (Lipinski definition) is 4. The first kappa shape index (κ1) is 19.2. The van der Waals surface area contributed by atoms with Gasteiger partial charge in [-0.15, -0.1) is 11.8 Å². The van der Waals surface area contributed by atoms with Gasteiger partial charge in [-0.2, -0.15) is 0 Å². The Kier molecular flexibility index (Phi) is 6.49. The molecule has 25 heavy (non-hydrogen) atoms. The number of halogens is 1. The number of amides is 1. The van der Waals surface area contributed by atoms with Gasteiger partial charge >= 0.3 is 0 Å². The van der Waals surface area contributed by atoms with Crippen LogP contribution in [0.1, 0.15) is 38.5 Å². The Morgan fingerprint density at radius 3 is 2.56 bits per heavy atom. The monoisotopic (exact) mass is 445 g/mol. The van der Waals surface area contributed by atoms with Crippen molar-refractivity contribution in [2.24, 2.45) is 0 Å². The minimum Gasteiger partial charge on any atom is -0.335 e. The summed E-state index contributed by atoms with van der Waals surface area (Å²) in [5.74, 6) is 0.798. The minimum absolute atomic E-state index is 0.0824. The molecule has 2 fully saturated rings. The maximum Gasteiger partial charge on any atom is 0.233 e. The molecule has 0 spiro atoms. The molecule has 1 saturated heterocycles. The van der Waals surface area contributed by atoms with E-state index in [4.69, 9.17) is 0 Å². The van der Waals surface area contributed by atoms with Crippen molar-refractivity contribution >= 4 is 43.4 Å². The predicted molar refractivity (Wildman–Crippen MR) is 106 cm³/mol. The lowest BCUT2D eigenvalue weighted by Gasteiger charge is -2.38. The average Bonchev–Trinajstić information content (AvgIpc) is 2.94. The summed E-state index contributed by atoms with van der Waals surface area (Å²) in [5, 5.41) is 0. The molecule has 1 aromatic rings. The van der Waals surface area contributed by atoms with Crippen molar-refractivity contribution in [1.82, 2.24) is 4.90 Å². The van der Waals surface area contributed by atoms with E-state index >= 15 is 0 Å². The van der Waals surface area contributed by atoms with Gasteiger partial charge in [0.05, 0.1) is 17.3 Å². The Morgan fingerprint density at radius 1 is 1.16 bits per heavy atom. The van der Waals surface area contributed by atoms with E-state index < -0.39 is 9.84 Å². The van der Waals surface area contributed by atoms with Crippen LogP contribution in [0.3, 0.4) is 0 Å². The molecular formula is C18H24BrNO3S2. The van der Waals surface area contributed by atoms with Crippen molar-refractivity contribution in [1.29, 1.82) is 0 Å². The van der Waals surface area contributed by atoms with Crippen LogP contribution in [0.4, 0.5) is 0 Å². The number of sulfone groups is 1. The molecule has 1 heterocycles. The van der Waals surface area contributed by atoms with Gasteiger partial charge in [0.25, 0.3) is 0 Å². The number of carbonyl (C=O) groups excluding carboxylic acids is 1. The second-order valence-electron chi connectivity index (χ2n) is 6.90. The Hall–Kier alpha value is -0.530. The Balaban J connectivity index is 1.70. The van der Waals surface area contributed by atoms with E-state index in [0.717, 1.165) is 35.1 Å². The largest absolute Gasteiger partial charge is 0.335 e.